The minimum absolute atomic E-state index is 0.634. The van der Waals surface area contributed by atoms with Gasteiger partial charge in [0.2, 0.25) is 0 Å². The van der Waals surface area contributed by atoms with Gasteiger partial charge >= 0.3 is 0 Å². The van der Waals surface area contributed by atoms with E-state index in [1.807, 2.05) is 13.0 Å². The van der Waals surface area contributed by atoms with Gasteiger partial charge in [0.15, 0.2) is 0 Å². The molecule has 4 nitrogen and oxygen atoms in total. The van der Waals surface area contributed by atoms with Crippen molar-refractivity contribution in [3.63, 3.8) is 0 Å². The first-order valence-corrected chi connectivity index (χ1v) is 7.28. The van der Waals surface area contributed by atoms with Crippen LogP contribution in [-0.4, -0.2) is 58.1 Å². The van der Waals surface area contributed by atoms with Crippen molar-refractivity contribution in [3.8, 4) is 0 Å². The number of rotatable bonds is 12. The van der Waals surface area contributed by atoms with Crippen LogP contribution in [0.4, 0.5) is 0 Å². The van der Waals surface area contributed by atoms with Crippen molar-refractivity contribution >= 4 is 0 Å². The molecule has 0 aliphatic carbocycles. The summed E-state index contributed by atoms with van der Waals surface area (Å²) in [5.74, 6) is 0. The number of likely N-dealkylation sites (N-methyl/N-ethyl adjacent to an activating group) is 1. The van der Waals surface area contributed by atoms with Crippen molar-refractivity contribution in [2.24, 2.45) is 0 Å². The van der Waals surface area contributed by atoms with E-state index < -0.39 is 0 Å². The zero-order chi connectivity index (χ0) is 14.5. The fourth-order valence-corrected chi connectivity index (χ4v) is 1.78. The lowest BCUT2D eigenvalue weighted by atomic mass is 10.2. The van der Waals surface area contributed by atoms with E-state index in [0.717, 1.165) is 26.3 Å². The van der Waals surface area contributed by atoms with E-state index in [4.69, 9.17) is 14.2 Å². The van der Waals surface area contributed by atoms with Crippen molar-refractivity contribution in [1.82, 2.24) is 4.90 Å². The van der Waals surface area contributed by atoms with Gasteiger partial charge in [0.1, 0.15) is 0 Å². The molecule has 0 amide bonds. The quantitative estimate of drug-likeness (QED) is 0.550. The van der Waals surface area contributed by atoms with Gasteiger partial charge in [-0.15, -0.1) is 0 Å². The molecule has 0 atom stereocenters. The monoisotopic (exact) mass is 281 g/mol. The average Bonchev–Trinajstić information content (AvgIpc) is 2.46. The van der Waals surface area contributed by atoms with Crippen LogP contribution in [0.25, 0.3) is 0 Å². The Labute approximate surface area is 122 Å². The van der Waals surface area contributed by atoms with Crippen LogP contribution < -0.4 is 0 Å². The van der Waals surface area contributed by atoms with E-state index >= 15 is 0 Å². The molecule has 4 heteroatoms. The second-order valence-electron chi connectivity index (χ2n) is 4.65. The molecule has 1 rings (SSSR count). The Hall–Kier alpha value is -0.940. The van der Waals surface area contributed by atoms with E-state index in [1.54, 1.807) is 0 Å². The number of ether oxygens (including phenoxy) is 3. The molecule has 0 aliphatic heterocycles. The molecule has 0 radical (unpaired) electrons. The van der Waals surface area contributed by atoms with E-state index in [1.165, 1.54) is 5.56 Å². The first kappa shape index (κ1) is 17.1. The number of hydrogen-bond donors (Lipinski definition) is 0. The molecule has 0 spiro atoms. The van der Waals surface area contributed by atoms with Gasteiger partial charge in [-0.25, -0.2) is 0 Å². The third-order valence-corrected chi connectivity index (χ3v) is 2.86. The van der Waals surface area contributed by atoms with Crippen molar-refractivity contribution in [1.29, 1.82) is 0 Å². The molecular weight excluding hydrogens is 254 g/mol. The lowest BCUT2D eigenvalue weighted by molar-refractivity contribution is 0.0135. The van der Waals surface area contributed by atoms with Crippen LogP contribution in [0.2, 0.25) is 0 Å². The Morgan fingerprint density at radius 3 is 2.10 bits per heavy atom. The first-order chi connectivity index (χ1) is 9.83. The van der Waals surface area contributed by atoms with Gasteiger partial charge in [-0.1, -0.05) is 30.3 Å². The molecule has 0 N–H and O–H groups in total. The fraction of sp³-hybridized carbons (Fsp3) is 0.625. The molecule has 1 aromatic carbocycles. The van der Waals surface area contributed by atoms with Crippen LogP contribution in [-0.2, 0) is 20.8 Å². The second kappa shape index (κ2) is 11.9. The lowest BCUT2D eigenvalue weighted by Gasteiger charge is -2.16. The molecular formula is C16H27NO3. The van der Waals surface area contributed by atoms with Crippen LogP contribution in [0.5, 0.6) is 0 Å². The molecule has 0 saturated heterocycles. The molecule has 0 unspecified atom stereocenters. The standard InChI is InChI=1S/C16H27NO3/c1-3-18-11-12-20-14-13-19-10-9-17(2)15-16-7-5-4-6-8-16/h4-8H,3,9-15H2,1-2H3. The molecule has 0 heterocycles. The molecule has 0 aliphatic rings. The summed E-state index contributed by atoms with van der Waals surface area (Å²) in [4.78, 5) is 2.26. The topological polar surface area (TPSA) is 30.9 Å². The smallest absolute Gasteiger partial charge is 0.0701 e. The van der Waals surface area contributed by atoms with Gasteiger partial charge in [-0.3, -0.25) is 4.90 Å². The number of nitrogens with zero attached hydrogens (tertiary/aromatic N) is 1. The Morgan fingerprint density at radius 1 is 0.850 bits per heavy atom. The summed E-state index contributed by atoms with van der Waals surface area (Å²) in [5, 5.41) is 0. The maximum Gasteiger partial charge on any atom is 0.0701 e. The largest absolute Gasteiger partial charge is 0.379 e. The van der Waals surface area contributed by atoms with Crippen molar-refractivity contribution in [2.45, 2.75) is 13.5 Å². The highest BCUT2D eigenvalue weighted by Gasteiger charge is 1.99. The van der Waals surface area contributed by atoms with Crippen LogP contribution in [0, 0.1) is 0 Å². The number of benzene rings is 1. The van der Waals surface area contributed by atoms with Gasteiger partial charge in [-0.2, -0.15) is 0 Å². The lowest BCUT2D eigenvalue weighted by Crippen LogP contribution is -2.23. The van der Waals surface area contributed by atoms with E-state index in [9.17, 15) is 0 Å². The maximum absolute atomic E-state index is 5.54. The van der Waals surface area contributed by atoms with Gasteiger partial charge in [-0.05, 0) is 19.5 Å². The summed E-state index contributed by atoms with van der Waals surface area (Å²) in [6, 6.07) is 10.5. The summed E-state index contributed by atoms with van der Waals surface area (Å²) >= 11 is 0. The second-order valence-corrected chi connectivity index (χ2v) is 4.65. The predicted molar refractivity (Wildman–Crippen MR) is 80.9 cm³/mol. The summed E-state index contributed by atoms with van der Waals surface area (Å²) < 4.78 is 16.1. The van der Waals surface area contributed by atoms with Crippen LogP contribution >= 0.6 is 0 Å². The SMILES string of the molecule is CCOCCOCCOCCN(C)Cc1ccccc1. The van der Waals surface area contributed by atoms with Crippen LogP contribution in [0.15, 0.2) is 30.3 Å². The third kappa shape index (κ3) is 9.04. The highest BCUT2D eigenvalue weighted by Crippen LogP contribution is 2.01. The highest BCUT2D eigenvalue weighted by atomic mass is 16.5. The molecule has 1 aromatic rings. The normalized spacial score (nSPS) is 11.2. The van der Waals surface area contributed by atoms with Gasteiger partial charge in [0.25, 0.3) is 0 Å². The predicted octanol–water partition coefficient (Wildman–Crippen LogP) is 2.19. The van der Waals surface area contributed by atoms with E-state index in [2.05, 4.69) is 36.2 Å². The van der Waals surface area contributed by atoms with E-state index in [-0.39, 0.29) is 0 Å². The Morgan fingerprint density at radius 2 is 1.45 bits per heavy atom. The van der Waals surface area contributed by atoms with Crippen molar-refractivity contribution in [3.05, 3.63) is 35.9 Å². The Kier molecular flexibility index (Phi) is 10.1. The van der Waals surface area contributed by atoms with Crippen molar-refractivity contribution in [2.75, 3.05) is 53.2 Å². The summed E-state index contributed by atoms with van der Waals surface area (Å²) in [7, 11) is 2.11. The highest BCUT2D eigenvalue weighted by molar-refractivity contribution is 5.14. The number of hydrogen-bond acceptors (Lipinski definition) is 4. The van der Waals surface area contributed by atoms with Gasteiger partial charge in [0, 0.05) is 19.7 Å². The molecule has 114 valence electrons. The first-order valence-electron chi connectivity index (χ1n) is 7.28. The Bertz CT molecular complexity index is 319. The molecule has 0 bridgehead atoms. The van der Waals surface area contributed by atoms with Crippen LogP contribution in [0.1, 0.15) is 12.5 Å². The maximum atomic E-state index is 5.54. The van der Waals surface area contributed by atoms with Gasteiger partial charge in [0.05, 0.1) is 33.0 Å². The Balaban J connectivity index is 1.91. The molecule has 0 fully saturated rings. The van der Waals surface area contributed by atoms with Gasteiger partial charge < -0.3 is 14.2 Å². The minimum Gasteiger partial charge on any atom is -0.379 e. The summed E-state index contributed by atoms with van der Waals surface area (Å²) in [5.41, 5.74) is 1.33. The van der Waals surface area contributed by atoms with E-state index in [0.29, 0.717) is 26.4 Å². The third-order valence-electron chi connectivity index (χ3n) is 2.86. The molecule has 0 aromatic heterocycles. The molecule has 20 heavy (non-hydrogen) atoms. The summed E-state index contributed by atoms with van der Waals surface area (Å²) in [6.45, 7) is 7.92. The minimum atomic E-state index is 0.634. The average molecular weight is 281 g/mol. The summed E-state index contributed by atoms with van der Waals surface area (Å²) in [6.07, 6.45) is 0. The molecule has 0 saturated carbocycles. The van der Waals surface area contributed by atoms with Crippen molar-refractivity contribution < 1.29 is 14.2 Å². The fourth-order valence-electron chi connectivity index (χ4n) is 1.78. The zero-order valence-electron chi connectivity index (χ0n) is 12.7. The van der Waals surface area contributed by atoms with Crippen LogP contribution in [0.3, 0.4) is 0 Å². The zero-order valence-corrected chi connectivity index (χ0v) is 12.7.